The molecule has 0 aliphatic carbocycles. The van der Waals surface area contributed by atoms with Crippen molar-refractivity contribution in [3.05, 3.63) is 131 Å². The fourth-order valence-electron chi connectivity index (χ4n) is 4.40. The highest BCUT2D eigenvalue weighted by Gasteiger charge is 2.43. The van der Waals surface area contributed by atoms with Crippen LogP contribution < -0.4 is 4.74 Å². The first-order valence-electron chi connectivity index (χ1n) is 11.6. The first-order valence-corrected chi connectivity index (χ1v) is 13.1. The fourth-order valence-corrected chi connectivity index (χ4v) is 6.09. The Balaban J connectivity index is 1.65. The predicted molar refractivity (Wildman–Crippen MR) is 145 cm³/mol. The maximum Gasteiger partial charge on any atom is 0.341 e. The van der Waals surface area contributed by atoms with Gasteiger partial charge in [0.1, 0.15) is 5.75 Å². The molecule has 4 aromatic rings. The monoisotopic (exact) mass is 509 g/mol. The van der Waals surface area contributed by atoms with Crippen molar-refractivity contribution >= 4 is 38.4 Å². The van der Waals surface area contributed by atoms with Crippen molar-refractivity contribution < 1.29 is 23.1 Å². The van der Waals surface area contributed by atoms with E-state index in [2.05, 4.69) is 4.99 Å². The van der Waals surface area contributed by atoms with Crippen molar-refractivity contribution in [1.29, 1.82) is 0 Å². The number of carboxylic acids is 1. The summed E-state index contributed by atoms with van der Waals surface area (Å²) < 4.78 is 33.7. The molecule has 1 N–H and O–H groups in total. The van der Waals surface area contributed by atoms with Gasteiger partial charge in [-0.15, -0.1) is 0 Å². The number of hydrogen-bond donors (Lipinski definition) is 1. The van der Waals surface area contributed by atoms with E-state index in [9.17, 15) is 13.2 Å². The van der Waals surface area contributed by atoms with Crippen LogP contribution in [0.4, 0.5) is 0 Å². The first-order chi connectivity index (χ1) is 17.9. The zero-order valence-corrected chi connectivity index (χ0v) is 20.5. The van der Waals surface area contributed by atoms with Crippen LogP contribution in [0.15, 0.2) is 120 Å². The summed E-state index contributed by atoms with van der Waals surface area (Å²) in [6.45, 7) is -0.473. The SMILES string of the molecule is O=C(O)COc1cccc2cc(C3(S(=O)(=O)C=C(c4ccccc4)c4ccccc4)C=CC=N3)ccc12. The van der Waals surface area contributed by atoms with Gasteiger partial charge in [-0.25, -0.2) is 13.2 Å². The standard InChI is InChI=1S/C30H23NO5S/c32-29(33)20-36-28-14-7-13-24-19-25(15-16-26(24)28)30(17-8-18-31-30)37(34,35)21-27(22-9-3-1-4-10-22)23-11-5-2-6-12-23/h1-19,21H,20H2,(H,32,33). The Morgan fingerprint density at radius 2 is 1.57 bits per heavy atom. The van der Waals surface area contributed by atoms with E-state index in [1.807, 2.05) is 66.7 Å². The fraction of sp³-hybridized carbons (Fsp3) is 0.0667. The molecule has 1 aliphatic rings. The third kappa shape index (κ3) is 4.69. The second kappa shape index (κ2) is 9.87. The summed E-state index contributed by atoms with van der Waals surface area (Å²) in [6.07, 6.45) is 4.71. The number of aliphatic carboxylic acids is 1. The van der Waals surface area contributed by atoms with Crippen LogP contribution in [-0.2, 0) is 19.5 Å². The van der Waals surface area contributed by atoms with E-state index < -0.39 is 27.3 Å². The normalized spacial score (nSPS) is 16.5. The van der Waals surface area contributed by atoms with Crippen LogP contribution >= 0.6 is 0 Å². The van der Waals surface area contributed by atoms with Crippen LogP contribution in [-0.4, -0.2) is 32.3 Å². The number of rotatable bonds is 8. The zero-order chi connectivity index (χ0) is 25.9. The summed E-state index contributed by atoms with van der Waals surface area (Å²) in [7, 11) is -4.03. The summed E-state index contributed by atoms with van der Waals surface area (Å²) >= 11 is 0. The van der Waals surface area contributed by atoms with Gasteiger partial charge in [-0.3, -0.25) is 4.99 Å². The van der Waals surface area contributed by atoms with Gasteiger partial charge in [0.15, 0.2) is 6.61 Å². The van der Waals surface area contributed by atoms with Crippen LogP contribution in [0.25, 0.3) is 16.3 Å². The number of benzene rings is 4. The van der Waals surface area contributed by atoms with E-state index in [0.717, 1.165) is 11.1 Å². The Hall–Kier alpha value is -4.49. The number of nitrogens with zero attached hydrogens (tertiary/aromatic N) is 1. The number of carboxylic acid groups (broad SMARTS) is 1. The summed E-state index contributed by atoms with van der Waals surface area (Å²) in [5.74, 6) is -0.673. The number of allylic oxidation sites excluding steroid dienone is 1. The maximum atomic E-state index is 14.2. The van der Waals surface area contributed by atoms with Crippen molar-refractivity contribution in [1.82, 2.24) is 0 Å². The van der Waals surface area contributed by atoms with Gasteiger partial charge in [-0.1, -0.05) is 84.9 Å². The van der Waals surface area contributed by atoms with Crippen LogP contribution in [0.3, 0.4) is 0 Å². The molecule has 0 spiro atoms. The summed E-state index contributed by atoms with van der Waals surface area (Å²) in [4.78, 5) is 13.8. The van der Waals surface area contributed by atoms with E-state index >= 15 is 0 Å². The summed E-state index contributed by atoms with van der Waals surface area (Å²) in [5.41, 5.74) is 2.59. The molecule has 0 radical (unpaired) electrons. The zero-order valence-electron chi connectivity index (χ0n) is 19.7. The van der Waals surface area contributed by atoms with Crippen molar-refractivity contribution in [3.63, 3.8) is 0 Å². The van der Waals surface area contributed by atoms with Gasteiger partial charge in [0.05, 0.1) is 0 Å². The van der Waals surface area contributed by atoms with Crippen molar-refractivity contribution in [2.24, 2.45) is 4.99 Å². The van der Waals surface area contributed by atoms with Crippen molar-refractivity contribution in [2.45, 2.75) is 4.87 Å². The third-order valence-electron chi connectivity index (χ3n) is 6.16. The quantitative estimate of drug-likeness (QED) is 0.334. The largest absolute Gasteiger partial charge is 0.481 e. The molecule has 7 heteroatoms. The number of aliphatic imine (C=N–C) groups is 1. The molecule has 0 aromatic heterocycles. The van der Waals surface area contributed by atoms with Crippen molar-refractivity contribution in [2.75, 3.05) is 6.61 Å². The molecule has 5 rings (SSSR count). The average molecular weight is 510 g/mol. The molecule has 184 valence electrons. The van der Waals surface area contributed by atoms with Crippen LogP contribution in [0.1, 0.15) is 16.7 Å². The lowest BCUT2D eigenvalue weighted by atomic mass is 10.00. The second-order valence-electron chi connectivity index (χ2n) is 8.52. The number of hydrogen-bond acceptors (Lipinski definition) is 5. The van der Waals surface area contributed by atoms with Crippen LogP contribution in [0.5, 0.6) is 5.75 Å². The lowest BCUT2D eigenvalue weighted by Crippen LogP contribution is -2.29. The van der Waals surface area contributed by atoms with E-state index in [1.165, 1.54) is 11.6 Å². The number of sulfone groups is 1. The molecule has 1 unspecified atom stereocenters. The number of carbonyl (C=O) groups is 1. The molecule has 1 heterocycles. The molecule has 0 fully saturated rings. The minimum absolute atomic E-state index is 0.407. The molecule has 4 aromatic carbocycles. The Bertz CT molecular complexity index is 1600. The predicted octanol–water partition coefficient (Wildman–Crippen LogP) is 5.60. The Morgan fingerprint density at radius 1 is 0.892 bits per heavy atom. The highest BCUT2D eigenvalue weighted by molar-refractivity contribution is 7.95. The molecule has 1 atom stereocenters. The van der Waals surface area contributed by atoms with E-state index in [-0.39, 0.29) is 0 Å². The molecular formula is C30H23NO5S. The molecule has 0 bridgehead atoms. The number of fused-ring (bicyclic) bond motifs is 1. The minimum atomic E-state index is -4.03. The van der Waals surface area contributed by atoms with Gasteiger partial charge in [0.2, 0.25) is 14.7 Å². The Kier molecular flexibility index (Phi) is 6.46. The van der Waals surface area contributed by atoms with Crippen molar-refractivity contribution in [3.8, 4) is 5.75 Å². The smallest absolute Gasteiger partial charge is 0.341 e. The highest BCUT2D eigenvalue weighted by atomic mass is 32.2. The maximum absolute atomic E-state index is 14.2. The van der Waals surface area contributed by atoms with Crippen LogP contribution in [0.2, 0.25) is 0 Å². The molecule has 0 saturated heterocycles. The van der Waals surface area contributed by atoms with Gasteiger partial charge < -0.3 is 9.84 Å². The molecule has 1 aliphatic heterocycles. The van der Waals surface area contributed by atoms with E-state index in [0.29, 0.717) is 27.7 Å². The first kappa shape index (κ1) is 24.2. The second-order valence-corrected chi connectivity index (χ2v) is 10.5. The molecular weight excluding hydrogens is 486 g/mol. The van der Waals surface area contributed by atoms with Gasteiger partial charge >= 0.3 is 5.97 Å². The molecule has 37 heavy (non-hydrogen) atoms. The van der Waals surface area contributed by atoms with Gasteiger partial charge in [0, 0.05) is 22.6 Å². The topological polar surface area (TPSA) is 93.0 Å². The molecule has 6 nitrogen and oxygen atoms in total. The lowest BCUT2D eigenvalue weighted by molar-refractivity contribution is -0.139. The highest BCUT2D eigenvalue weighted by Crippen LogP contribution is 2.41. The third-order valence-corrected chi connectivity index (χ3v) is 8.05. The Morgan fingerprint density at radius 3 is 2.16 bits per heavy atom. The summed E-state index contributed by atoms with van der Waals surface area (Å²) in [5, 5.41) is 11.7. The van der Waals surface area contributed by atoms with Gasteiger partial charge in [-0.2, -0.15) is 0 Å². The van der Waals surface area contributed by atoms with Gasteiger partial charge in [0.25, 0.3) is 0 Å². The summed E-state index contributed by atoms with van der Waals surface area (Å²) in [6, 6.07) is 29.2. The molecule has 0 saturated carbocycles. The van der Waals surface area contributed by atoms with E-state index in [4.69, 9.17) is 9.84 Å². The number of ether oxygens (including phenoxy) is 1. The van der Waals surface area contributed by atoms with E-state index in [1.54, 1.807) is 42.5 Å². The lowest BCUT2D eigenvalue weighted by Gasteiger charge is -2.25. The average Bonchev–Trinajstić information content (AvgIpc) is 3.43. The molecule has 0 amide bonds. The minimum Gasteiger partial charge on any atom is -0.481 e. The Labute approximate surface area is 214 Å². The van der Waals surface area contributed by atoms with Gasteiger partial charge in [-0.05, 0) is 46.4 Å². The van der Waals surface area contributed by atoms with Crippen LogP contribution in [0, 0.1) is 0 Å².